The first kappa shape index (κ1) is 21.1. The molecule has 7 nitrogen and oxygen atoms in total. The Morgan fingerprint density at radius 2 is 2.03 bits per heavy atom. The molecule has 0 aliphatic carbocycles. The molecule has 0 unspecified atom stereocenters. The minimum absolute atomic E-state index is 0.0769. The zero-order chi connectivity index (χ0) is 21.7. The smallest absolute Gasteiger partial charge is 0.259 e. The predicted molar refractivity (Wildman–Crippen MR) is 116 cm³/mol. The van der Waals surface area contributed by atoms with Crippen molar-refractivity contribution in [3.05, 3.63) is 52.8 Å². The standard InChI is InChI=1S/C21H24ClN3O4S/c1-4-30(27,28)24-8-7-16(13-24)29-17-10-15(11-23-12-17)25-20(26)18-6-5-14(22)9-19(18)21(25,2)3/h5-6,9-12,16H,4,7-8,13H2,1-3H3/t16-/m0/s1. The van der Waals surface area contributed by atoms with Gasteiger partial charge in [0.05, 0.1) is 35.9 Å². The van der Waals surface area contributed by atoms with Crippen LogP contribution in [0.25, 0.3) is 0 Å². The Kier molecular flexibility index (Phi) is 5.28. The van der Waals surface area contributed by atoms with Crippen molar-refractivity contribution < 1.29 is 17.9 Å². The minimum Gasteiger partial charge on any atom is -0.487 e. The maximum atomic E-state index is 13.1. The number of halogens is 1. The zero-order valence-corrected chi connectivity index (χ0v) is 18.7. The SMILES string of the molecule is CCS(=O)(=O)N1CC[C@H](Oc2cncc(N3C(=O)c4ccc(Cl)cc4C3(C)C)c2)C1. The zero-order valence-electron chi connectivity index (χ0n) is 17.1. The molecule has 1 aromatic heterocycles. The van der Waals surface area contributed by atoms with Gasteiger partial charge in [-0.3, -0.25) is 14.7 Å². The number of sulfonamides is 1. The van der Waals surface area contributed by atoms with Crippen molar-refractivity contribution >= 4 is 33.2 Å². The van der Waals surface area contributed by atoms with Gasteiger partial charge >= 0.3 is 0 Å². The van der Waals surface area contributed by atoms with Gasteiger partial charge in [-0.25, -0.2) is 8.42 Å². The van der Waals surface area contributed by atoms with Gasteiger partial charge in [-0.15, -0.1) is 0 Å². The van der Waals surface area contributed by atoms with E-state index in [1.54, 1.807) is 42.4 Å². The summed E-state index contributed by atoms with van der Waals surface area (Å²) >= 11 is 6.16. The van der Waals surface area contributed by atoms with Gasteiger partial charge < -0.3 is 4.74 Å². The molecule has 1 amide bonds. The summed E-state index contributed by atoms with van der Waals surface area (Å²) in [6.07, 6.45) is 3.57. The number of carbonyl (C=O) groups excluding carboxylic acids is 1. The highest BCUT2D eigenvalue weighted by Crippen LogP contribution is 2.43. The number of nitrogens with zero attached hydrogens (tertiary/aromatic N) is 3. The van der Waals surface area contributed by atoms with Crippen molar-refractivity contribution in [2.75, 3.05) is 23.7 Å². The van der Waals surface area contributed by atoms with E-state index in [-0.39, 0.29) is 17.8 Å². The Morgan fingerprint density at radius 3 is 2.77 bits per heavy atom. The van der Waals surface area contributed by atoms with Crippen molar-refractivity contribution in [2.45, 2.75) is 38.8 Å². The molecule has 0 N–H and O–H groups in total. The van der Waals surface area contributed by atoms with Gasteiger partial charge in [0.15, 0.2) is 0 Å². The van der Waals surface area contributed by atoms with Crippen molar-refractivity contribution in [3.63, 3.8) is 0 Å². The minimum atomic E-state index is -3.23. The quantitative estimate of drug-likeness (QED) is 0.698. The monoisotopic (exact) mass is 449 g/mol. The normalized spacial score (nSPS) is 21.1. The highest BCUT2D eigenvalue weighted by atomic mass is 35.5. The van der Waals surface area contributed by atoms with Crippen molar-refractivity contribution in [1.82, 2.24) is 9.29 Å². The maximum absolute atomic E-state index is 13.1. The number of hydrogen-bond donors (Lipinski definition) is 0. The Balaban J connectivity index is 1.57. The molecule has 0 radical (unpaired) electrons. The number of rotatable bonds is 5. The van der Waals surface area contributed by atoms with Crippen LogP contribution in [0.15, 0.2) is 36.7 Å². The summed E-state index contributed by atoms with van der Waals surface area (Å²) in [5.74, 6) is 0.463. The molecule has 2 aliphatic heterocycles. The fourth-order valence-electron chi connectivity index (χ4n) is 4.16. The molecule has 1 saturated heterocycles. The van der Waals surface area contributed by atoms with E-state index in [4.69, 9.17) is 16.3 Å². The second-order valence-corrected chi connectivity index (χ2v) is 10.7. The molecule has 160 valence electrons. The van der Waals surface area contributed by atoms with Gasteiger partial charge in [0.2, 0.25) is 10.0 Å². The van der Waals surface area contributed by atoms with Crippen LogP contribution in [-0.4, -0.2) is 48.6 Å². The summed E-state index contributed by atoms with van der Waals surface area (Å²) in [7, 11) is -3.23. The fourth-order valence-corrected chi connectivity index (χ4v) is 5.47. The van der Waals surface area contributed by atoms with Crippen LogP contribution in [0.4, 0.5) is 5.69 Å². The second kappa shape index (κ2) is 7.51. The largest absolute Gasteiger partial charge is 0.487 e. The number of benzene rings is 1. The lowest BCUT2D eigenvalue weighted by Crippen LogP contribution is -2.39. The Hall–Kier alpha value is -2.16. The van der Waals surface area contributed by atoms with E-state index in [9.17, 15) is 13.2 Å². The molecular formula is C21H24ClN3O4S. The molecule has 9 heteroatoms. The van der Waals surface area contributed by atoms with Gasteiger partial charge in [0, 0.05) is 23.2 Å². The van der Waals surface area contributed by atoms with E-state index in [0.29, 0.717) is 41.5 Å². The van der Waals surface area contributed by atoms with E-state index < -0.39 is 15.6 Å². The highest BCUT2D eigenvalue weighted by Gasteiger charge is 2.44. The number of amides is 1. The first-order valence-corrected chi connectivity index (χ1v) is 11.9. The molecule has 30 heavy (non-hydrogen) atoms. The van der Waals surface area contributed by atoms with Crippen LogP contribution in [0.1, 0.15) is 43.1 Å². The van der Waals surface area contributed by atoms with Crippen molar-refractivity contribution in [3.8, 4) is 5.75 Å². The Morgan fingerprint density at radius 1 is 1.27 bits per heavy atom. The van der Waals surface area contributed by atoms with Crippen LogP contribution in [0.2, 0.25) is 5.02 Å². The Bertz CT molecular complexity index is 1100. The summed E-state index contributed by atoms with van der Waals surface area (Å²) in [6, 6.07) is 7.06. The molecule has 1 fully saturated rings. The highest BCUT2D eigenvalue weighted by molar-refractivity contribution is 7.89. The molecule has 1 atom stereocenters. The lowest BCUT2D eigenvalue weighted by atomic mass is 9.93. The topological polar surface area (TPSA) is 79.8 Å². The first-order valence-electron chi connectivity index (χ1n) is 9.87. The van der Waals surface area contributed by atoms with Gasteiger partial charge in [-0.1, -0.05) is 11.6 Å². The van der Waals surface area contributed by atoms with Gasteiger partial charge in [0.25, 0.3) is 5.91 Å². The second-order valence-electron chi connectivity index (χ2n) is 8.06. The number of anilines is 1. The third-order valence-electron chi connectivity index (χ3n) is 5.76. The van der Waals surface area contributed by atoms with E-state index in [1.165, 1.54) is 4.31 Å². The molecular weight excluding hydrogens is 426 g/mol. The molecule has 2 aliphatic rings. The molecule has 0 saturated carbocycles. The van der Waals surface area contributed by atoms with Crippen LogP contribution in [-0.2, 0) is 15.6 Å². The summed E-state index contributed by atoms with van der Waals surface area (Å²) in [5.41, 5.74) is 1.50. The van der Waals surface area contributed by atoms with Gasteiger partial charge in [-0.05, 0) is 51.0 Å². The number of pyridine rings is 1. The van der Waals surface area contributed by atoms with E-state index >= 15 is 0 Å². The number of aromatic nitrogens is 1. The summed E-state index contributed by atoms with van der Waals surface area (Å²) in [5, 5.41) is 0.583. The van der Waals surface area contributed by atoms with Crippen LogP contribution >= 0.6 is 11.6 Å². The maximum Gasteiger partial charge on any atom is 0.259 e. The first-order chi connectivity index (χ1) is 14.1. The van der Waals surface area contributed by atoms with E-state index in [1.807, 2.05) is 19.9 Å². The van der Waals surface area contributed by atoms with Crippen molar-refractivity contribution in [2.24, 2.45) is 0 Å². The summed E-state index contributed by atoms with van der Waals surface area (Å²) in [6.45, 7) is 6.33. The molecule has 4 rings (SSSR count). The molecule has 3 heterocycles. The summed E-state index contributed by atoms with van der Waals surface area (Å²) < 4.78 is 31.6. The van der Waals surface area contributed by atoms with Crippen molar-refractivity contribution in [1.29, 1.82) is 0 Å². The molecule has 2 aromatic rings. The molecule has 1 aromatic carbocycles. The van der Waals surface area contributed by atoms with Gasteiger partial charge in [-0.2, -0.15) is 4.31 Å². The van der Waals surface area contributed by atoms with Crippen LogP contribution in [0.5, 0.6) is 5.75 Å². The van der Waals surface area contributed by atoms with E-state index in [2.05, 4.69) is 4.98 Å². The summed E-state index contributed by atoms with van der Waals surface area (Å²) in [4.78, 5) is 19.1. The molecule has 0 bridgehead atoms. The Labute approximate surface area is 181 Å². The number of ether oxygens (including phenoxy) is 1. The average Bonchev–Trinajstić information content (AvgIpc) is 3.24. The fraction of sp³-hybridized carbons (Fsp3) is 0.429. The third-order valence-corrected chi connectivity index (χ3v) is 7.84. The number of hydrogen-bond acceptors (Lipinski definition) is 5. The van der Waals surface area contributed by atoms with Crippen LogP contribution in [0.3, 0.4) is 0 Å². The van der Waals surface area contributed by atoms with Crippen LogP contribution < -0.4 is 9.64 Å². The average molecular weight is 450 g/mol. The van der Waals surface area contributed by atoms with Crippen LogP contribution in [0, 0.1) is 0 Å². The predicted octanol–water partition coefficient (Wildman–Crippen LogP) is 3.43. The van der Waals surface area contributed by atoms with Gasteiger partial charge in [0.1, 0.15) is 11.9 Å². The molecule has 0 spiro atoms. The number of fused-ring (bicyclic) bond motifs is 1. The lowest BCUT2D eigenvalue weighted by Gasteiger charge is -2.32. The van der Waals surface area contributed by atoms with E-state index in [0.717, 1.165) is 5.56 Å². The number of carbonyl (C=O) groups is 1. The lowest BCUT2D eigenvalue weighted by molar-refractivity contribution is 0.0982. The third kappa shape index (κ3) is 3.57.